The van der Waals surface area contributed by atoms with Crippen LogP contribution in [0, 0.1) is 0 Å². The van der Waals surface area contributed by atoms with Gasteiger partial charge < -0.3 is 23.9 Å². The van der Waals surface area contributed by atoms with Crippen LogP contribution in [0.4, 0.5) is 0 Å². The van der Waals surface area contributed by atoms with Gasteiger partial charge in [-0.25, -0.2) is 4.98 Å². The number of rotatable bonds is 10. The third kappa shape index (κ3) is 4.52. The van der Waals surface area contributed by atoms with Gasteiger partial charge >= 0.3 is 0 Å². The maximum Gasteiger partial charge on any atom is 0.259 e. The lowest BCUT2D eigenvalue weighted by atomic mass is 9.88. The second-order valence-corrected chi connectivity index (χ2v) is 11.6. The van der Waals surface area contributed by atoms with Crippen molar-refractivity contribution >= 4 is 22.2 Å². The summed E-state index contributed by atoms with van der Waals surface area (Å²) >= 11 is 1.46. The standard InChI is InChI=1S/C33H30N2O5S/c1-32(38-18-23-13-7-3-8-14-23)28(27-26-25(20-41-27)31(36)35-21-34-26)40-30-29(37-17-22-11-5-2-6-12-22)33(30,32)39-19-24-15-9-4-10-16-24/h2-16,20-21,28-30H,17-19H2,1H3,(H,34,35,36)/t28-,29?,30+,32-,33+/m0/s1. The van der Waals surface area contributed by atoms with Crippen molar-refractivity contribution in [2.24, 2.45) is 0 Å². The topological polar surface area (TPSA) is 82.7 Å². The van der Waals surface area contributed by atoms with Crippen molar-refractivity contribution in [1.29, 1.82) is 0 Å². The average Bonchev–Trinajstić information content (AvgIpc) is 3.28. The Bertz CT molecular complexity index is 1690. The quantitative estimate of drug-likeness (QED) is 0.225. The van der Waals surface area contributed by atoms with Crippen LogP contribution in [0.1, 0.15) is 34.6 Å². The van der Waals surface area contributed by atoms with E-state index in [4.69, 9.17) is 18.9 Å². The molecular formula is C33H30N2O5S. The number of H-pyrrole nitrogens is 1. The molecule has 7 rings (SSSR count). The van der Waals surface area contributed by atoms with Crippen molar-refractivity contribution < 1.29 is 18.9 Å². The molecule has 5 atom stereocenters. The minimum absolute atomic E-state index is 0.174. The van der Waals surface area contributed by atoms with Crippen LogP contribution in [-0.2, 0) is 38.8 Å². The lowest BCUT2D eigenvalue weighted by Crippen LogP contribution is -2.50. The van der Waals surface area contributed by atoms with Crippen LogP contribution in [-0.4, -0.2) is 33.4 Å². The van der Waals surface area contributed by atoms with Crippen LogP contribution >= 0.6 is 11.3 Å². The summed E-state index contributed by atoms with van der Waals surface area (Å²) in [6, 6.07) is 30.3. The number of hydrogen-bond acceptors (Lipinski definition) is 7. The SMILES string of the molecule is C[C@]1(OCc2ccccc2)[C@H](c2scc3c(=O)[nH]cnc23)O[C@@H]2C(OCc3ccccc3)[C@@]21OCc1ccccc1. The van der Waals surface area contributed by atoms with Gasteiger partial charge in [0.1, 0.15) is 23.9 Å². The molecule has 0 bridgehead atoms. The fourth-order valence-corrected chi connectivity index (χ4v) is 7.11. The maximum atomic E-state index is 12.5. The highest BCUT2D eigenvalue weighted by Crippen LogP contribution is 2.67. The summed E-state index contributed by atoms with van der Waals surface area (Å²) in [7, 11) is 0. The van der Waals surface area contributed by atoms with Gasteiger partial charge in [-0.05, 0) is 23.6 Å². The number of nitrogens with one attached hydrogen (secondary N) is 1. The van der Waals surface area contributed by atoms with Crippen molar-refractivity contribution in [2.45, 2.75) is 56.3 Å². The summed E-state index contributed by atoms with van der Waals surface area (Å²) in [5.41, 5.74) is 1.79. The van der Waals surface area contributed by atoms with Crippen LogP contribution in [0.5, 0.6) is 0 Å². The molecule has 8 heteroatoms. The van der Waals surface area contributed by atoms with Gasteiger partial charge in [0.25, 0.3) is 5.56 Å². The third-order valence-corrected chi connectivity index (χ3v) is 9.22. The van der Waals surface area contributed by atoms with Crippen LogP contribution < -0.4 is 5.56 Å². The van der Waals surface area contributed by atoms with Crippen LogP contribution in [0.25, 0.3) is 10.9 Å². The van der Waals surface area contributed by atoms with E-state index in [-0.39, 0.29) is 17.8 Å². The molecule has 3 heterocycles. The fraction of sp³-hybridized carbons (Fsp3) is 0.273. The normalized spacial score (nSPS) is 26.7. The molecular weight excluding hydrogens is 536 g/mol. The largest absolute Gasteiger partial charge is 0.367 e. The summed E-state index contributed by atoms with van der Waals surface area (Å²) < 4.78 is 27.1. The van der Waals surface area contributed by atoms with Gasteiger partial charge in [0.05, 0.1) is 41.9 Å². The predicted molar refractivity (Wildman–Crippen MR) is 156 cm³/mol. The minimum atomic E-state index is -0.953. The molecule has 0 spiro atoms. The Kier molecular flexibility index (Phi) is 6.81. The van der Waals surface area contributed by atoms with Gasteiger partial charge in [-0.2, -0.15) is 0 Å². The molecule has 2 fully saturated rings. The number of hydrogen-bond donors (Lipinski definition) is 1. The Morgan fingerprint density at radius 3 is 2.07 bits per heavy atom. The molecule has 1 saturated heterocycles. The number of thiophene rings is 1. The number of aromatic amines is 1. The Morgan fingerprint density at radius 1 is 0.854 bits per heavy atom. The van der Waals surface area contributed by atoms with Gasteiger partial charge in [0.2, 0.25) is 0 Å². The van der Waals surface area contributed by atoms with E-state index >= 15 is 0 Å². The molecule has 1 N–H and O–H groups in total. The Labute approximate surface area is 241 Å². The van der Waals surface area contributed by atoms with Gasteiger partial charge in [0.15, 0.2) is 5.60 Å². The van der Waals surface area contributed by atoms with E-state index in [0.29, 0.717) is 30.7 Å². The summed E-state index contributed by atoms with van der Waals surface area (Å²) in [6.07, 6.45) is 0.220. The Morgan fingerprint density at radius 2 is 1.44 bits per heavy atom. The number of fused-ring (bicyclic) bond motifs is 2. The molecule has 1 unspecified atom stereocenters. The van der Waals surface area contributed by atoms with E-state index in [1.807, 2.05) is 96.4 Å². The monoisotopic (exact) mass is 566 g/mol. The lowest BCUT2D eigenvalue weighted by molar-refractivity contribution is -0.201. The van der Waals surface area contributed by atoms with Crippen LogP contribution in [0.2, 0.25) is 0 Å². The molecule has 0 amide bonds. The summed E-state index contributed by atoms with van der Waals surface area (Å²) in [6.45, 7) is 3.23. The molecule has 2 aromatic heterocycles. The first-order valence-electron chi connectivity index (χ1n) is 13.7. The molecule has 3 aromatic carbocycles. The molecule has 2 aliphatic rings. The second-order valence-electron chi connectivity index (χ2n) is 10.7. The summed E-state index contributed by atoms with van der Waals surface area (Å²) in [4.78, 5) is 20.6. The average molecular weight is 567 g/mol. The van der Waals surface area contributed by atoms with Gasteiger partial charge in [-0.15, -0.1) is 11.3 Å². The van der Waals surface area contributed by atoms with Crippen molar-refractivity contribution in [3.05, 3.63) is 135 Å². The highest BCUT2D eigenvalue weighted by Gasteiger charge is 2.85. The smallest absolute Gasteiger partial charge is 0.259 e. The first-order chi connectivity index (χ1) is 20.1. The Balaban J connectivity index is 1.28. The van der Waals surface area contributed by atoms with E-state index < -0.39 is 17.3 Å². The summed E-state index contributed by atoms with van der Waals surface area (Å²) in [5.74, 6) is 0. The zero-order valence-electron chi connectivity index (χ0n) is 22.6. The predicted octanol–water partition coefficient (Wildman–Crippen LogP) is 5.95. The zero-order chi connectivity index (χ0) is 27.9. The van der Waals surface area contributed by atoms with E-state index in [2.05, 4.69) is 16.9 Å². The van der Waals surface area contributed by atoms with E-state index in [0.717, 1.165) is 21.6 Å². The molecule has 5 aromatic rings. The first-order valence-corrected chi connectivity index (χ1v) is 14.6. The molecule has 1 saturated carbocycles. The third-order valence-electron chi connectivity index (χ3n) is 8.21. The van der Waals surface area contributed by atoms with E-state index in [1.165, 1.54) is 17.7 Å². The molecule has 7 nitrogen and oxygen atoms in total. The molecule has 41 heavy (non-hydrogen) atoms. The molecule has 1 aliphatic heterocycles. The molecule has 0 radical (unpaired) electrons. The number of nitrogens with zero attached hydrogens (tertiary/aromatic N) is 1. The highest BCUT2D eigenvalue weighted by atomic mass is 32.1. The van der Waals surface area contributed by atoms with Crippen molar-refractivity contribution in [3.8, 4) is 0 Å². The van der Waals surface area contributed by atoms with Gasteiger partial charge in [0, 0.05) is 5.38 Å². The first kappa shape index (κ1) is 26.3. The van der Waals surface area contributed by atoms with Gasteiger partial charge in [-0.1, -0.05) is 91.0 Å². The van der Waals surface area contributed by atoms with Crippen LogP contribution in [0.15, 0.2) is 107 Å². The van der Waals surface area contributed by atoms with Crippen molar-refractivity contribution in [1.82, 2.24) is 9.97 Å². The van der Waals surface area contributed by atoms with Crippen molar-refractivity contribution in [2.75, 3.05) is 0 Å². The number of benzene rings is 3. The van der Waals surface area contributed by atoms with E-state index in [9.17, 15) is 4.79 Å². The summed E-state index contributed by atoms with van der Waals surface area (Å²) in [5, 5.41) is 2.38. The molecule has 1 aliphatic carbocycles. The number of ether oxygens (including phenoxy) is 4. The Hall–Kier alpha value is -3.66. The fourth-order valence-electron chi connectivity index (χ4n) is 5.97. The van der Waals surface area contributed by atoms with Gasteiger partial charge in [-0.3, -0.25) is 4.79 Å². The van der Waals surface area contributed by atoms with Crippen LogP contribution in [0.3, 0.4) is 0 Å². The second kappa shape index (κ2) is 10.6. The van der Waals surface area contributed by atoms with E-state index in [1.54, 1.807) is 0 Å². The highest BCUT2D eigenvalue weighted by molar-refractivity contribution is 7.11. The zero-order valence-corrected chi connectivity index (χ0v) is 23.4. The minimum Gasteiger partial charge on any atom is -0.367 e. The lowest BCUT2D eigenvalue weighted by Gasteiger charge is -2.39. The van der Waals surface area contributed by atoms with Crippen molar-refractivity contribution in [3.63, 3.8) is 0 Å². The number of aromatic nitrogens is 2. The maximum absolute atomic E-state index is 12.5. The molecule has 208 valence electrons.